The van der Waals surface area contributed by atoms with Crippen LogP contribution in [-0.2, 0) is 4.74 Å². The molecular weight excluding hydrogens is 313 g/mol. The van der Waals surface area contributed by atoms with Crippen LogP contribution in [0.3, 0.4) is 0 Å². The molecule has 0 radical (unpaired) electrons. The minimum atomic E-state index is 0.329. The van der Waals surface area contributed by atoms with E-state index in [1.807, 2.05) is 18.2 Å². The zero-order chi connectivity index (χ0) is 13.6. The van der Waals surface area contributed by atoms with Crippen LogP contribution in [0.25, 0.3) is 0 Å². The third-order valence-electron chi connectivity index (χ3n) is 3.20. The molecular formula is C17H17NOSe. The van der Waals surface area contributed by atoms with Gasteiger partial charge in [0.2, 0.25) is 0 Å². The fourth-order valence-corrected chi connectivity index (χ4v) is 4.18. The summed E-state index contributed by atoms with van der Waals surface area (Å²) in [5.41, 5.74) is 1.09. The van der Waals surface area contributed by atoms with Crippen molar-refractivity contribution in [3.8, 4) is 0 Å². The minimum absolute atomic E-state index is 0.329. The maximum absolute atomic E-state index is 5.71. The van der Waals surface area contributed by atoms with E-state index < -0.39 is 0 Å². The van der Waals surface area contributed by atoms with E-state index in [1.165, 1.54) is 9.78 Å². The van der Waals surface area contributed by atoms with Gasteiger partial charge in [-0.05, 0) is 0 Å². The van der Waals surface area contributed by atoms with Crippen LogP contribution >= 0.6 is 0 Å². The first-order valence-corrected chi connectivity index (χ1v) is 8.92. The Labute approximate surface area is 126 Å². The standard InChI is InChI=1S/C17H17NOSe/c1-3-7-14(8-4-1)17-18-15(13-19-17)11-12-20-16-9-5-2-6-10-16/h1-10,15H,11-13H2/t15-/m1/s1. The molecule has 3 rings (SSSR count). The molecule has 0 aromatic heterocycles. The predicted octanol–water partition coefficient (Wildman–Crippen LogP) is 2.67. The van der Waals surface area contributed by atoms with Gasteiger partial charge in [-0.1, -0.05) is 0 Å². The van der Waals surface area contributed by atoms with Crippen LogP contribution in [0.1, 0.15) is 12.0 Å². The zero-order valence-electron chi connectivity index (χ0n) is 11.2. The van der Waals surface area contributed by atoms with Crippen LogP contribution in [0.2, 0.25) is 5.32 Å². The number of hydrogen-bond donors (Lipinski definition) is 0. The molecule has 0 saturated carbocycles. The Bertz CT molecular complexity index is 568. The molecule has 0 unspecified atom stereocenters. The van der Waals surface area contributed by atoms with Gasteiger partial charge in [0.25, 0.3) is 0 Å². The first kappa shape index (κ1) is 13.4. The summed E-state index contributed by atoms with van der Waals surface area (Å²) in [6.45, 7) is 0.731. The van der Waals surface area contributed by atoms with Gasteiger partial charge in [-0.15, -0.1) is 0 Å². The molecule has 0 N–H and O–H groups in total. The van der Waals surface area contributed by atoms with Crippen LogP contribution in [-0.4, -0.2) is 33.5 Å². The number of benzene rings is 2. The molecule has 2 nitrogen and oxygen atoms in total. The zero-order valence-corrected chi connectivity index (χ0v) is 12.9. The summed E-state index contributed by atoms with van der Waals surface area (Å²) in [6, 6.07) is 21.2. The molecule has 1 aliphatic rings. The van der Waals surface area contributed by atoms with E-state index >= 15 is 0 Å². The molecule has 1 aliphatic heterocycles. The summed E-state index contributed by atoms with van der Waals surface area (Å²) in [4.78, 5) is 4.69. The molecule has 2 aromatic carbocycles. The molecule has 0 fully saturated rings. The van der Waals surface area contributed by atoms with Crippen molar-refractivity contribution in [3.63, 3.8) is 0 Å². The molecule has 102 valence electrons. The second-order valence-electron chi connectivity index (χ2n) is 4.72. The van der Waals surface area contributed by atoms with Crippen molar-refractivity contribution in [2.24, 2.45) is 4.99 Å². The molecule has 3 heteroatoms. The quantitative estimate of drug-likeness (QED) is 0.773. The Morgan fingerprint density at radius 1 is 1.00 bits per heavy atom. The first-order chi connectivity index (χ1) is 9.92. The van der Waals surface area contributed by atoms with Gasteiger partial charge in [-0.2, -0.15) is 0 Å². The van der Waals surface area contributed by atoms with Crippen molar-refractivity contribution in [1.29, 1.82) is 0 Å². The Balaban J connectivity index is 1.51. The predicted molar refractivity (Wildman–Crippen MR) is 84.0 cm³/mol. The summed E-state index contributed by atoms with van der Waals surface area (Å²) in [6.07, 6.45) is 1.12. The molecule has 1 heterocycles. The monoisotopic (exact) mass is 331 g/mol. The fraction of sp³-hybridized carbons (Fsp3) is 0.235. The van der Waals surface area contributed by atoms with Gasteiger partial charge < -0.3 is 0 Å². The van der Waals surface area contributed by atoms with Gasteiger partial charge >= 0.3 is 126 Å². The van der Waals surface area contributed by atoms with Gasteiger partial charge in [0, 0.05) is 0 Å². The van der Waals surface area contributed by atoms with Crippen molar-refractivity contribution in [2.45, 2.75) is 17.8 Å². The second-order valence-corrected chi connectivity index (χ2v) is 7.17. The van der Waals surface area contributed by atoms with E-state index in [9.17, 15) is 0 Å². The van der Waals surface area contributed by atoms with Crippen molar-refractivity contribution in [2.75, 3.05) is 6.61 Å². The molecule has 0 spiro atoms. The van der Waals surface area contributed by atoms with Gasteiger partial charge in [-0.25, -0.2) is 0 Å². The van der Waals surface area contributed by atoms with Crippen LogP contribution in [0.15, 0.2) is 65.7 Å². The number of aliphatic imine (C=N–C) groups is 1. The molecule has 0 bridgehead atoms. The topological polar surface area (TPSA) is 21.6 Å². The van der Waals surface area contributed by atoms with Gasteiger partial charge in [0.05, 0.1) is 0 Å². The third kappa shape index (κ3) is 3.50. The summed E-state index contributed by atoms with van der Waals surface area (Å²) in [5, 5.41) is 1.22. The molecule has 0 aliphatic carbocycles. The van der Waals surface area contributed by atoms with Crippen LogP contribution < -0.4 is 4.46 Å². The van der Waals surface area contributed by atoms with Crippen LogP contribution in [0.5, 0.6) is 0 Å². The summed E-state index contributed by atoms with van der Waals surface area (Å²) >= 11 is 0.548. The average Bonchev–Trinajstić information content (AvgIpc) is 2.98. The van der Waals surface area contributed by atoms with Gasteiger partial charge in [-0.3, -0.25) is 0 Å². The number of ether oxygens (including phenoxy) is 1. The number of rotatable bonds is 5. The normalized spacial score (nSPS) is 17.6. The molecule has 1 atom stereocenters. The van der Waals surface area contributed by atoms with Crippen molar-refractivity contribution >= 4 is 25.3 Å². The Morgan fingerprint density at radius 2 is 1.70 bits per heavy atom. The van der Waals surface area contributed by atoms with Crippen molar-refractivity contribution in [3.05, 3.63) is 66.2 Å². The number of hydrogen-bond acceptors (Lipinski definition) is 2. The Hall–Kier alpha value is -1.57. The van der Waals surface area contributed by atoms with E-state index in [-0.39, 0.29) is 0 Å². The van der Waals surface area contributed by atoms with E-state index in [1.54, 1.807) is 0 Å². The molecule has 20 heavy (non-hydrogen) atoms. The van der Waals surface area contributed by atoms with E-state index in [0.717, 1.165) is 24.5 Å². The Kier molecular flexibility index (Phi) is 4.52. The molecule has 0 saturated heterocycles. The van der Waals surface area contributed by atoms with E-state index in [4.69, 9.17) is 9.73 Å². The summed E-state index contributed by atoms with van der Waals surface area (Å²) < 4.78 is 7.18. The van der Waals surface area contributed by atoms with E-state index in [2.05, 4.69) is 42.5 Å². The maximum atomic E-state index is 5.71. The molecule has 2 aromatic rings. The van der Waals surface area contributed by atoms with Gasteiger partial charge in [0.15, 0.2) is 0 Å². The fourth-order valence-electron chi connectivity index (χ4n) is 2.13. The van der Waals surface area contributed by atoms with E-state index in [0.29, 0.717) is 21.0 Å². The Morgan fingerprint density at radius 3 is 2.45 bits per heavy atom. The first-order valence-electron chi connectivity index (χ1n) is 6.86. The van der Waals surface area contributed by atoms with Gasteiger partial charge in [0.1, 0.15) is 0 Å². The van der Waals surface area contributed by atoms with Crippen molar-refractivity contribution in [1.82, 2.24) is 0 Å². The summed E-state index contributed by atoms with van der Waals surface area (Å²) in [7, 11) is 0. The van der Waals surface area contributed by atoms with Crippen LogP contribution in [0, 0.1) is 0 Å². The van der Waals surface area contributed by atoms with Crippen molar-refractivity contribution < 1.29 is 4.74 Å². The van der Waals surface area contributed by atoms with Crippen LogP contribution in [0.4, 0.5) is 0 Å². The third-order valence-corrected chi connectivity index (χ3v) is 5.39. The average molecular weight is 330 g/mol. The summed E-state index contributed by atoms with van der Waals surface area (Å²) in [5.74, 6) is 0.808. The SMILES string of the molecule is c1ccc([Se]CC[C@@H]2COC(c3ccccc3)=N2)cc1. The number of nitrogens with zero attached hydrogens (tertiary/aromatic N) is 1. The second kappa shape index (κ2) is 6.74. The molecule has 0 amide bonds.